The molecular formula is C22H25N5O2. The van der Waals surface area contributed by atoms with Crippen molar-refractivity contribution in [2.75, 3.05) is 10.6 Å². The summed E-state index contributed by atoms with van der Waals surface area (Å²) < 4.78 is 1.79. The van der Waals surface area contributed by atoms with Gasteiger partial charge in [0.25, 0.3) is 5.91 Å². The molecule has 1 aromatic heterocycles. The molecule has 3 rings (SSSR count). The summed E-state index contributed by atoms with van der Waals surface area (Å²) in [5.41, 5.74) is 3.58. The van der Waals surface area contributed by atoms with Crippen LogP contribution >= 0.6 is 0 Å². The Hall–Kier alpha value is -3.61. The van der Waals surface area contributed by atoms with Crippen LogP contribution in [0, 0.1) is 0 Å². The second-order valence-corrected chi connectivity index (χ2v) is 6.89. The third-order valence-corrected chi connectivity index (χ3v) is 4.27. The highest BCUT2D eigenvalue weighted by Gasteiger charge is 2.17. The molecule has 0 spiro atoms. The minimum Gasteiger partial charge on any atom is -0.336 e. The Balaban J connectivity index is 1.71. The highest BCUT2D eigenvalue weighted by molar-refractivity contribution is 6.05. The van der Waals surface area contributed by atoms with Crippen molar-refractivity contribution in [1.82, 2.24) is 15.1 Å². The van der Waals surface area contributed by atoms with E-state index in [1.54, 1.807) is 35.1 Å². The second kappa shape index (κ2) is 9.05. The van der Waals surface area contributed by atoms with E-state index >= 15 is 0 Å². The predicted molar refractivity (Wildman–Crippen MR) is 115 cm³/mol. The van der Waals surface area contributed by atoms with E-state index in [9.17, 15) is 9.59 Å². The lowest BCUT2D eigenvalue weighted by molar-refractivity contribution is 0.102. The van der Waals surface area contributed by atoms with Crippen LogP contribution in [-0.2, 0) is 6.42 Å². The van der Waals surface area contributed by atoms with E-state index in [0.29, 0.717) is 23.4 Å². The van der Waals surface area contributed by atoms with E-state index in [1.807, 2.05) is 51.1 Å². The van der Waals surface area contributed by atoms with Crippen LogP contribution in [0.3, 0.4) is 0 Å². The third kappa shape index (κ3) is 5.01. The van der Waals surface area contributed by atoms with Gasteiger partial charge in [-0.05, 0) is 56.7 Å². The number of hydrogen-bond donors (Lipinski definition) is 3. The number of hydrogen-bond acceptors (Lipinski definition) is 3. The first kappa shape index (κ1) is 20.1. The van der Waals surface area contributed by atoms with Gasteiger partial charge in [-0.2, -0.15) is 5.10 Å². The molecule has 0 saturated heterocycles. The number of nitrogens with zero attached hydrogens (tertiary/aromatic N) is 2. The predicted octanol–water partition coefficient (Wildman–Crippen LogP) is 4.22. The monoisotopic (exact) mass is 391 g/mol. The summed E-state index contributed by atoms with van der Waals surface area (Å²) in [5.74, 6) is -0.220. The smallest absolute Gasteiger partial charge is 0.319 e. The minimum atomic E-state index is -0.266. The van der Waals surface area contributed by atoms with Crippen molar-refractivity contribution >= 4 is 23.3 Å². The maximum atomic E-state index is 12.8. The number of carbonyl (C=O) groups excluding carboxylic acids is 2. The Morgan fingerprint density at radius 3 is 2.17 bits per heavy atom. The van der Waals surface area contributed by atoms with Crippen LogP contribution in [0.2, 0.25) is 0 Å². The highest BCUT2D eigenvalue weighted by atomic mass is 16.2. The molecule has 0 aliphatic rings. The molecule has 7 nitrogen and oxygen atoms in total. The van der Waals surface area contributed by atoms with Gasteiger partial charge in [0.2, 0.25) is 0 Å². The number of para-hydroxylation sites is 1. The molecule has 0 bridgehead atoms. The summed E-state index contributed by atoms with van der Waals surface area (Å²) in [6.45, 7) is 5.78. The quantitative estimate of drug-likeness (QED) is 0.588. The normalized spacial score (nSPS) is 10.6. The largest absolute Gasteiger partial charge is 0.336 e. The van der Waals surface area contributed by atoms with Crippen molar-refractivity contribution in [3.8, 4) is 5.69 Å². The van der Waals surface area contributed by atoms with E-state index in [4.69, 9.17) is 0 Å². The molecule has 0 radical (unpaired) electrons. The second-order valence-electron chi connectivity index (χ2n) is 6.89. The van der Waals surface area contributed by atoms with Crippen molar-refractivity contribution in [2.45, 2.75) is 33.2 Å². The fourth-order valence-corrected chi connectivity index (χ4v) is 2.96. The van der Waals surface area contributed by atoms with Crippen LogP contribution in [0.4, 0.5) is 16.2 Å². The molecule has 0 aliphatic heterocycles. The lowest BCUT2D eigenvalue weighted by atomic mass is 10.1. The summed E-state index contributed by atoms with van der Waals surface area (Å²) in [4.78, 5) is 24.5. The maximum Gasteiger partial charge on any atom is 0.319 e. The topological polar surface area (TPSA) is 88.1 Å². The maximum absolute atomic E-state index is 12.8. The van der Waals surface area contributed by atoms with Crippen LogP contribution in [0.1, 0.15) is 36.8 Å². The molecule has 7 heteroatoms. The summed E-state index contributed by atoms with van der Waals surface area (Å²) in [6, 6.07) is 16.5. The van der Waals surface area contributed by atoms with Crippen molar-refractivity contribution in [3.05, 3.63) is 72.1 Å². The van der Waals surface area contributed by atoms with Gasteiger partial charge in [0.15, 0.2) is 0 Å². The first-order valence-corrected chi connectivity index (χ1v) is 9.59. The summed E-state index contributed by atoms with van der Waals surface area (Å²) >= 11 is 0. The molecule has 150 valence electrons. The molecule has 0 aliphatic carbocycles. The number of carbonyl (C=O) groups is 2. The SMILES string of the molecule is CCc1c(C(=O)Nc2ccc(NC(=O)NC(C)C)cc2)cnn1-c1ccccc1. The zero-order valence-corrected chi connectivity index (χ0v) is 16.8. The first-order chi connectivity index (χ1) is 14.0. The van der Waals surface area contributed by atoms with Gasteiger partial charge in [0.1, 0.15) is 0 Å². The highest BCUT2D eigenvalue weighted by Crippen LogP contribution is 2.19. The molecule has 1 heterocycles. The first-order valence-electron chi connectivity index (χ1n) is 9.59. The molecular weight excluding hydrogens is 366 g/mol. The average molecular weight is 391 g/mol. The molecule has 3 N–H and O–H groups in total. The van der Waals surface area contributed by atoms with E-state index in [0.717, 1.165) is 11.4 Å². The number of benzene rings is 2. The van der Waals surface area contributed by atoms with Gasteiger partial charge < -0.3 is 16.0 Å². The minimum absolute atomic E-state index is 0.0538. The Labute approximate surface area is 170 Å². The number of rotatable bonds is 6. The van der Waals surface area contributed by atoms with Crippen molar-refractivity contribution < 1.29 is 9.59 Å². The molecule has 0 unspecified atom stereocenters. The fraction of sp³-hybridized carbons (Fsp3) is 0.227. The van der Waals surface area contributed by atoms with E-state index in [1.165, 1.54) is 0 Å². The van der Waals surface area contributed by atoms with Gasteiger partial charge >= 0.3 is 6.03 Å². The summed E-state index contributed by atoms with van der Waals surface area (Å²) in [5, 5.41) is 12.8. The summed E-state index contributed by atoms with van der Waals surface area (Å²) in [6.07, 6.45) is 2.26. The zero-order valence-electron chi connectivity index (χ0n) is 16.8. The number of anilines is 2. The van der Waals surface area contributed by atoms with Crippen molar-refractivity contribution in [1.29, 1.82) is 0 Å². The van der Waals surface area contributed by atoms with Crippen LogP contribution in [-0.4, -0.2) is 27.8 Å². The fourth-order valence-electron chi connectivity index (χ4n) is 2.96. The van der Waals surface area contributed by atoms with Crippen molar-refractivity contribution in [3.63, 3.8) is 0 Å². The van der Waals surface area contributed by atoms with E-state index < -0.39 is 0 Å². The summed E-state index contributed by atoms with van der Waals surface area (Å²) in [7, 11) is 0. The van der Waals surface area contributed by atoms with Gasteiger partial charge in [0, 0.05) is 17.4 Å². The molecule has 0 fully saturated rings. The van der Waals surface area contributed by atoms with E-state index in [2.05, 4.69) is 21.0 Å². The Morgan fingerprint density at radius 1 is 0.966 bits per heavy atom. The molecule has 29 heavy (non-hydrogen) atoms. The van der Waals surface area contributed by atoms with Gasteiger partial charge in [-0.15, -0.1) is 0 Å². The van der Waals surface area contributed by atoms with E-state index in [-0.39, 0.29) is 18.0 Å². The Morgan fingerprint density at radius 2 is 1.59 bits per heavy atom. The van der Waals surface area contributed by atoms with Gasteiger partial charge in [0.05, 0.1) is 23.1 Å². The van der Waals surface area contributed by atoms with Gasteiger partial charge in [-0.25, -0.2) is 9.48 Å². The number of aromatic nitrogens is 2. The average Bonchev–Trinajstić information content (AvgIpc) is 3.14. The van der Waals surface area contributed by atoms with Crippen LogP contribution in [0.5, 0.6) is 0 Å². The van der Waals surface area contributed by atoms with Crippen LogP contribution in [0.15, 0.2) is 60.8 Å². The van der Waals surface area contributed by atoms with Crippen LogP contribution < -0.4 is 16.0 Å². The van der Waals surface area contributed by atoms with Gasteiger partial charge in [-0.1, -0.05) is 25.1 Å². The Bertz CT molecular complexity index is 978. The zero-order chi connectivity index (χ0) is 20.8. The lowest BCUT2D eigenvalue weighted by Crippen LogP contribution is -2.34. The van der Waals surface area contributed by atoms with Gasteiger partial charge in [-0.3, -0.25) is 4.79 Å². The van der Waals surface area contributed by atoms with Crippen LogP contribution in [0.25, 0.3) is 5.69 Å². The lowest BCUT2D eigenvalue weighted by Gasteiger charge is -2.11. The third-order valence-electron chi connectivity index (χ3n) is 4.27. The Kier molecular flexibility index (Phi) is 6.29. The standard InChI is InChI=1S/C22H25N5O2/c1-4-20-19(14-23-27(20)18-8-6-5-7-9-18)21(28)25-16-10-12-17(13-11-16)26-22(29)24-15(2)3/h5-15H,4H2,1-3H3,(H,25,28)(H2,24,26,29). The molecule has 3 aromatic rings. The number of urea groups is 1. The number of nitrogens with one attached hydrogen (secondary N) is 3. The van der Waals surface area contributed by atoms with Crippen molar-refractivity contribution in [2.24, 2.45) is 0 Å². The molecule has 0 atom stereocenters. The molecule has 2 aromatic carbocycles. The molecule has 0 saturated carbocycles. The number of amides is 3. The molecule has 3 amide bonds.